The number of amides is 1. The van der Waals surface area contributed by atoms with Crippen molar-refractivity contribution in [3.8, 4) is 11.8 Å². The minimum Gasteiger partial charge on any atom is -0.322 e. The molecule has 1 fully saturated rings. The fourth-order valence-electron chi connectivity index (χ4n) is 4.22. The number of hydrogen-bond donors (Lipinski definition) is 1. The van der Waals surface area contributed by atoms with Gasteiger partial charge < -0.3 is 10.2 Å². The third-order valence-electron chi connectivity index (χ3n) is 6.63. The van der Waals surface area contributed by atoms with E-state index in [1.165, 1.54) is 12.3 Å². The molecule has 4 aromatic rings. The SMILES string of the molecule is Cc1nc2cncc(C#Cc3cncc(C(=O)Nc4ccc(CN5CCN(C)CC5)c(F)c4)c3)c2nc1C. The second-order valence-corrected chi connectivity index (χ2v) is 9.50. The van der Waals surface area contributed by atoms with Crippen molar-refractivity contribution < 1.29 is 9.18 Å². The van der Waals surface area contributed by atoms with E-state index in [2.05, 4.69) is 53.9 Å². The van der Waals surface area contributed by atoms with E-state index < -0.39 is 5.91 Å². The topological polar surface area (TPSA) is 87.1 Å². The van der Waals surface area contributed by atoms with Crippen LogP contribution in [0.4, 0.5) is 10.1 Å². The van der Waals surface area contributed by atoms with E-state index in [9.17, 15) is 9.18 Å². The first kappa shape index (κ1) is 25.4. The Morgan fingerprint density at radius 2 is 1.74 bits per heavy atom. The molecular weight excluding hydrogens is 481 g/mol. The first-order valence-corrected chi connectivity index (χ1v) is 12.4. The maximum absolute atomic E-state index is 14.8. The zero-order valence-electron chi connectivity index (χ0n) is 21.6. The molecule has 0 atom stereocenters. The van der Waals surface area contributed by atoms with Crippen molar-refractivity contribution in [1.82, 2.24) is 29.7 Å². The molecule has 1 amide bonds. The van der Waals surface area contributed by atoms with Gasteiger partial charge in [-0.1, -0.05) is 17.9 Å². The number of fused-ring (bicyclic) bond motifs is 1. The molecule has 38 heavy (non-hydrogen) atoms. The van der Waals surface area contributed by atoms with Gasteiger partial charge in [0.05, 0.1) is 28.7 Å². The van der Waals surface area contributed by atoms with Crippen molar-refractivity contribution in [3.05, 3.63) is 88.5 Å². The van der Waals surface area contributed by atoms with Crippen LogP contribution in [0, 0.1) is 31.5 Å². The summed E-state index contributed by atoms with van der Waals surface area (Å²) in [6, 6.07) is 6.46. The minimum atomic E-state index is -0.392. The number of likely N-dealkylation sites (N-methyl/N-ethyl adjacent to an activating group) is 1. The van der Waals surface area contributed by atoms with E-state index in [1.54, 1.807) is 36.8 Å². The van der Waals surface area contributed by atoms with Gasteiger partial charge in [-0.3, -0.25) is 19.7 Å². The smallest absolute Gasteiger partial charge is 0.257 e. The lowest BCUT2D eigenvalue weighted by molar-refractivity contribution is 0.102. The van der Waals surface area contributed by atoms with Crippen molar-refractivity contribution in [3.63, 3.8) is 0 Å². The summed E-state index contributed by atoms with van der Waals surface area (Å²) in [6.07, 6.45) is 6.34. The highest BCUT2D eigenvalue weighted by molar-refractivity contribution is 6.04. The van der Waals surface area contributed by atoms with Crippen LogP contribution in [0.25, 0.3) is 11.0 Å². The van der Waals surface area contributed by atoms with Crippen LogP contribution in [-0.4, -0.2) is 68.9 Å². The van der Waals surface area contributed by atoms with Crippen LogP contribution in [0.2, 0.25) is 0 Å². The molecule has 8 nitrogen and oxygen atoms in total. The summed E-state index contributed by atoms with van der Waals surface area (Å²) in [7, 11) is 2.09. The van der Waals surface area contributed by atoms with Gasteiger partial charge in [0.15, 0.2) is 0 Å². The van der Waals surface area contributed by atoms with Crippen molar-refractivity contribution in [1.29, 1.82) is 0 Å². The number of rotatable bonds is 4. The van der Waals surface area contributed by atoms with Crippen molar-refractivity contribution in [2.45, 2.75) is 20.4 Å². The number of aryl methyl sites for hydroxylation is 2. The van der Waals surface area contributed by atoms with E-state index in [4.69, 9.17) is 0 Å². The fraction of sp³-hybridized carbons (Fsp3) is 0.276. The van der Waals surface area contributed by atoms with E-state index in [-0.39, 0.29) is 5.82 Å². The quantitative estimate of drug-likeness (QED) is 0.421. The lowest BCUT2D eigenvalue weighted by atomic mass is 10.1. The summed E-state index contributed by atoms with van der Waals surface area (Å²) in [4.78, 5) is 34.9. The molecule has 4 heterocycles. The highest BCUT2D eigenvalue weighted by Crippen LogP contribution is 2.19. The molecule has 1 N–H and O–H groups in total. The maximum atomic E-state index is 14.8. The van der Waals surface area contributed by atoms with Gasteiger partial charge in [0, 0.05) is 68.1 Å². The lowest BCUT2D eigenvalue weighted by Crippen LogP contribution is -2.44. The Morgan fingerprint density at radius 1 is 0.974 bits per heavy atom. The molecule has 1 saturated heterocycles. The number of anilines is 1. The van der Waals surface area contributed by atoms with Gasteiger partial charge in [-0.2, -0.15) is 0 Å². The maximum Gasteiger partial charge on any atom is 0.257 e. The van der Waals surface area contributed by atoms with Crippen LogP contribution < -0.4 is 5.32 Å². The second kappa shape index (κ2) is 11.0. The van der Waals surface area contributed by atoms with Gasteiger partial charge in [0.2, 0.25) is 0 Å². The third-order valence-corrected chi connectivity index (χ3v) is 6.63. The Kier molecular flexibility index (Phi) is 7.36. The largest absolute Gasteiger partial charge is 0.322 e. The number of carbonyl (C=O) groups excluding carboxylic acids is 1. The Balaban J connectivity index is 1.29. The molecule has 1 aliphatic rings. The predicted molar refractivity (Wildman–Crippen MR) is 144 cm³/mol. The lowest BCUT2D eigenvalue weighted by Gasteiger charge is -2.32. The summed E-state index contributed by atoms with van der Waals surface area (Å²) in [5.41, 5.74) is 5.54. The van der Waals surface area contributed by atoms with Crippen molar-refractivity contribution in [2.24, 2.45) is 0 Å². The summed E-state index contributed by atoms with van der Waals surface area (Å²) < 4.78 is 14.8. The number of benzene rings is 1. The molecule has 0 saturated carbocycles. The fourth-order valence-corrected chi connectivity index (χ4v) is 4.22. The minimum absolute atomic E-state index is 0.320. The molecule has 1 aromatic carbocycles. The molecule has 3 aromatic heterocycles. The third kappa shape index (κ3) is 5.83. The highest BCUT2D eigenvalue weighted by atomic mass is 19.1. The molecule has 5 rings (SSSR count). The van der Waals surface area contributed by atoms with Gasteiger partial charge in [0.25, 0.3) is 5.91 Å². The van der Waals surface area contributed by atoms with Crippen LogP contribution in [0.5, 0.6) is 0 Å². The van der Waals surface area contributed by atoms with Crippen LogP contribution in [0.15, 0.2) is 49.1 Å². The van der Waals surface area contributed by atoms with Crippen LogP contribution in [0.3, 0.4) is 0 Å². The molecule has 0 radical (unpaired) electrons. The summed E-state index contributed by atoms with van der Waals surface area (Å²) in [5.74, 6) is 5.38. The predicted octanol–water partition coefficient (Wildman–Crippen LogP) is 3.58. The number of piperazine rings is 1. The summed E-state index contributed by atoms with van der Waals surface area (Å²) in [6.45, 7) is 8.11. The first-order valence-electron chi connectivity index (χ1n) is 12.4. The molecule has 192 valence electrons. The normalized spacial score (nSPS) is 14.2. The number of halogens is 1. The van der Waals surface area contributed by atoms with Gasteiger partial charge >= 0.3 is 0 Å². The number of aromatic nitrogens is 4. The molecule has 1 aliphatic heterocycles. The number of pyridine rings is 2. The van der Waals surface area contributed by atoms with Crippen LogP contribution in [0.1, 0.15) is 38.4 Å². The Hall–Kier alpha value is -4.26. The summed E-state index contributed by atoms with van der Waals surface area (Å²) in [5, 5.41) is 2.76. The van der Waals surface area contributed by atoms with Crippen LogP contribution >= 0.6 is 0 Å². The molecule has 0 spiro atoms. The average Bonchev–Trinajstić information content (AvgIpc) is 2.91. The number of carbonyl (C=O) groups is 1. The van der Waals surface area contributed by atoms with E-state index >= 15 is 0 Å². The van der Waals surface area contributed by atoms with Gasteiger partial charge in [-0.25, -0.2) is 14.4 Å². The second-order valence-electron chi connectivity index (χ2n) is 9.50. The summed E-state index contributed by atoms with van der Waals surface area (Å²) >= 11 is 0. The Bertz CT molecular complexity index is 1570. The zero-order valence-corrected chi connectivity index (χ0v) is 21.6. The standard InChI is InChI=1S/C29H28FN7O/c1-19-20(2)34-28-22(15-32-17-27(28)33-19)5-4-21-12-24(16-31-14-21)29(38)35-25-7-6-23(26(30)13-25)18-37-10-8-36(3)9-11-37/h6-7,12-17H,8-11,18H2,1-3H3,(H,35,38). The number of nitrogens with one attached hydrogen (secondary N) is 1. The zero-order chi connectivity index (χ0) is 26.6. The van der Waals surface area contributed by atoms with Crippen molar-refractivity contribution in [2.75, 3.05) is 38.5 Å². The van der Waals surface area contributed by atoms with Gasteiger partial charge in [0.1, 0.15) is 16.9 Å². The number of hydrogen-bond acceptors (Lipinski definition) is 7. The number of nitrogens with zero attached hydrogens (tertiary/aromatic N) is 6. The average molecular weight is 510 g/mol. The van der Waals surface area contributed by atoms with Crippen molar-refractivity contribution >= 4 is 22.6 Å². The van der Waals surface area contributed by atoms with E-state index in [0.717, 1.165) is 37.6 Å². The first-order chi connectivity index (χ1) is 18.4. The van der Waals surface area contributed by atoms with Gasteiger partial charge in [-0.05, 0) is 39.1 Å². The Morgan fingerprint density at radius 3 is 2.53 bits per heavy atom. The van der Waals surface area contributed by atoms with Crippen LogP contribution in [-0.2, 0) is 6.54 Å². The monoisotopic (exact) mass is 509 g/mol. The van der Waals surface area contributed by atoms with E-state index in [0.29, 0.717) is 45.5 Å². The van der Waals surface area contributed by atoms with Gasteiger partial charge in [-0.15, -0.1) is 0 Å². The highest BCUT2D eigenvalue weighted by Gasteiger charge is 2.16. The van der Waals surface area contributed by atoms with E-state index in [1.807, 2.05) is 13.8 Å². The molecule has 0 unspecified atom stereocenters. The molecule has 9 heteroatoms. The molecule has 0 aliphatic carbocycles. The molecular formula is C29H28FN7O. The molecule has 0 bridgehead atoms. The Labute approximate surface area is 221 Å².